The molecule has 0 radical (unpaired) electrons. The Balaban J connectivity index is 1.77. The van der Waals surface area contributed by atoms with Gasteiger partial charge in [0.05, 0.1) is 17.3 Å². The van der Waals surface area contributed by atoms with Crippen LogP contribution in [0.15, 0.2) is 49.9 Å². The van der Waals surface area contributed by atoms with Crippen LogP contribution >= 0.6 is 11.3 Å². The van der Waals surface area contributed by atoms with Gasteiger partial charge in [-0.3, -0.25) is 15.0 Å². The normalized spacial score (nSPS) is 11.0. The van der Waals surface area contributed by atoms with E-state index in [9.17, 15) is 9.59 Å². The topological polar surface area (TPSA) is 103 Å². The summed E-state index contributed by atoms with van der Waals surface area (Å²) < 4.78 is 11.3. The molecule has 9 heteroatoms. The summed E-state index contributed by atoms with van der Waals surface area (Å²) in [7, 11) is 0. The number of nitrogens with one attached hydrogen (secondary N) is 1. The van der Waals surface area contributed by atoms with Gasteiger partial charge in [0.25, 0.3) is 5.56 Å². The molecule has 0 aliphatic rings. The quantitative estimate of drug-likeness (QED) is 0.613. The van der Waals surface area contributed by atoms with Gasteiger partial charge in [0.2, 0.25) is 5.76 Å². The highest BCUT2D eigenvalue weighted by atomic mass is 32.1. The van der Waals surface area contributed by atoms with Crippen LogP contribution in [0.1, 0.15) is 16.2 Å². The Morgan fingerprint density at radius 1 is 1.42 bits per heavy atom. The van der Waals surface area contributed by atoms with E-state index in [0.717, 1.165) is 4.68 Å². The van der Waals surface area contributed by atoms with E-state index in [2.05, 4.69) is 15.6 Å². The van der Waals surface area contributed by atoms with Gasteiger partial charge in [0.1, 0.15) is 16.9 Å². The number of fused-ring (bicyclic) bond motifs is 1. The zero-order valence-corrected chi connectivity index (χ0v) is 13.2. The first-order chi connectivity index (χ1) is 11.6. The highest BCUT2D eigenvalue weighted by Gasteiger charge is 2.17. The fourth-order valence-corrected chi connectivity index (χ4v) is 3.15. The first kappa shape index (κ1) is 14.4. The summed E-state index contributed by atoms with van der Waals surface area (Å²) in [5.74, 6) is -0.0141. The van der Waals surface area contributed by atoms with Crippen molar-refractivity contribution >= 4 is 27.5 Å². The number of hydrogen-bond acceptors (Lipinski definition) is 7. The summed E-state index contributed by atoms with van der Waals surface area (Å²) in [4.78, 5) is 29.6. The first-order valence-electron chi connectivity index (χ1n) is 6.91. The van der Waals surface area contributed by atoms with Gasteiger partial charge in [-0.2, -0.15) is 0 Å². The molecule has 4 rings (SSSR count). The van der Waals surface area contributed by atoms with Crippen LogP contribution in [0.2, 0.25) is 0 Å². The number of hydrogen-bond donors (Lipinski definition) is 1. The number of rotatable bonds is 3. The molecule has 0 bridgehead atoms. The van der Waals surface area contributed by atoms with Crippen molar-refractivity contribution in [1.82, 2.24) is 14.8 Å². The molecular weight excluding hydrogens is 332 g/mol. The molecular formula is C15H10N4O4S. The molecule has 1 N–H and O–H groups in total. The first-order valence-corrected chi connectivity index (χ1v) is 7.79. The maximum atomic E-state index is 12.7. The van der Waals surface area contributed by atoms with Crippen LogP contribution in [-0.2, 0) is 0 Å². The minimum absolute atomic E-state index is 0.0103. The van der Waals surface area contributed by atoms with Gasteiger partial charge in [-0.05, 0) is 19.1 Å². The van der Waals surface area contributed by atoms with Crippen molar-refractivity contribution < 1.29 is 13.7 Å². The van der Waals surface area contributed by atoms with Crippen LogP contribution in [0.4, 0.5) is 0 Å². The Morgan fingerprint density at radius 3 is 3.00 bits per heavy atom. The lowest BCUT2D eigenvalue weighted by Gasteiger charge is -2.05. The fourth-order valence-electron chi connectivity index (χ4n) is 2.26. The molecule has 4 aromatic heterocycles. The van der Waals surface area contributed by atoms with E-state index < -0.39 is 11.5 Å². The summed E-state index contributed by atoms with van der Waals surface area (Å²) in [5.41, 5.74) is 3.24. The van der Waals surface area contributed by atoms with Crippen molar-refractivity contribution in [3.8, 4) is 11.3 Å². The van der Waals surface area contributed by atoms with Crippen LogP contribution in [0.3, 0.4) is 0 Å². The number of aryl methyl sites for hydroxylation is 1. The minimum atomic E-state index is -0.589. The average molecular weight is 342 g/mol. The summed E-state index contributed by atoms with van der Waals surface area (Å²) in [6.07, 6.45) is 2.79. The van der Waals surface area contributed by atoms with Gasteiger partial charge in [0.15, 0.2) is 0 Å². The third-order valence-electron chi connectivity index (χ3n) is 3.36. The third-order valence-corrected chi connectivity index (χ3v) is 4.24. The van der Waals surface area contributed by atoms with Gasteiger partial charge in [-0.1, -0.05) is 5.16 Å². The number of carbonyl (C=O) groups is 1. The molecule has 0 atom stereocenters. The van der Waals surface area contributed by atoms with Gasteiger partial charge in [-0.25, -0.2) is 9.66 Å². The highest BCUT2D eigenvalue weighted by Crippen LogP contribution is 2.30. The second-order valence-electron chi connectivity index (χ2n) is 5.00. The van der Waals surface area contributed by atoms with E-state index in [1.165, 1.54) is 30.0 Å². The molecule has 0 fully saturated rings. The van der Waals surface area contributed by atoms with Gasteiger partial charge in [-0.15, -0.1) is 11.3 Å². The highest BCUT2D eigenvalue weighted by molar-refractivity contribution is 7.17. The zero-order chi connectivity index (χ0) is 16.7. The molecule has 0 aliphatic heterocycles. The van der Waals surface area contributed by atoms with Crippen molar-refractivity contribution in [1.29, 1.82) is 0 Å². The minimum Gasteiger partial charge on any atom is -0.464 e. The predicted octanol–water partition coefficient (Wildman–Crippen LogP) is 2.40. The molecule has 0 saturated heterocycles. The van der Waals surface area contributed by atoms with E-state index in [0.29, 0.717) is 27.2 Å². The molecule has 0 unspecified atom stereocenters. The van der Waals surface area contributed by atoms with Crippen LogP contribution in [0.5, 0.6) is 0 Å². The lowest BCUT2D eigenvalue weighted by Crippen LogP contribution is -2.33. The summed E-state index contributed by atoms with van der Waals surface area (Å²) in [5, 5.41) is 5.82. The predicted molar refractivity (Wildman–Crippen MR) is 86.5 cm³/mol. The SMILES string of the molecule is Cc1cc(C(=O)Nn2cnc3scc(-c4ccco4)c3c2=O)on1. The van der Waals surface area contributed by atoms with E-state index in [1.54, 1.807) is 24.4 Å². The zero-order valence-electron chi connectivity index (χ0n) is 12.3. The van der Waals surface area contributed by atoms with Crippen molar-refractivity contribution in [2.45, 2.75) is 6.92 Å². The number of amides is 1. The number of thiophene rings is 1. The lowest BCUT2D eigenvalue weighted by molar-refractivity contribution is 0.0972. The van der Waals surface area contributed by atoms with Crippen molar-refractivity contribution in [3.05, 3.63) is 58.0 Å². The van der Waals surface area contributed by atoms with Gasteiger partial charge >= 0.3 is 5.91 Å². The summed E-state index contributed by atoms with van der Waals surface area (Å²) >= 11 is 1.33. The molecule has 1 amide bonds. The summed E-state index contributed by atoms with van der Waals surface area (Å²) in [6.45, 7) is 1.70. The van der Waals surface area contributed by atoms with E-state index in [-0.39, 0.29) is 5.76 Å². The summed E-state index contributed by atoms with van der Waals surface area (Å²) in [6, 6.07) is 4.97. The van der Waals surface area contributed by atoms with Crippen molar-refractivity contribution in [2.75, 3.05) is 5.43 Å². The Hall–Kier alpha value is -3.20. The molecule has 0 spiro atoms. The van der Waals surface area contributed by atoms with Crippen molar-refractivity contribution in [2.24, 2.45) is 0 Å². The van der Waals surface area contributed by atoms with Crippen molar-refractivity contribution in [3.63, 3.8) is 0 Å². The molecule has 4 heterocycles. The maximum Gasteiger partial charge on any atom is 0.308 e. The van der Waals surface area contributed by atoms with E-state index in [4.69, 9.17) is 8.94 Å². The monoisotopic (exact) mass is 342 g/mol. The van der Waals surface area contributed by atoms with Crippen LogP contribution in [0.25, 0.3) is 21.5 Å². The Bertz CT molecular complexity index is 1090. The third kappa shape index (κ3) is 2.31. The van der Waals surface area contributed by atoms with Crippen LogP contribution in [-0.4, -0.2) is 20.7 Å². The Morgan fingerprint density at radius 2 is 2.29 bits per heavy atom. The molecule has 120 valence electrons. The number of nitrogens with zero attached hydrogens (tertiary/aromatic N) is 3. The molecule has 0 aromatic carbocycles. The molecule has 0 aliphatic carbocycles. The van der Waals surface area contributed by atoms with E-state index >= 15 is 0 Å². The Labute approximate surface area is 138 Å². The van der Waals surface area contributed by atoms with E-state index in [1.807, 2.05) is 0 Å². The van der Waals surface area contributed by atoms with Crippen LogP contribution in [0, 0.1) is 6.92 Å². The molecule has 24 heavy (non-hydrogen) atoms. The van der Waals surface area contributed by atoms with Gasteiger partial charge < -0.3 is 8.94 Å². The largest absolute Gasteiger partial charge is 0.464 e. The Kier molecular flexibility index (Phi) is 3.28. The second-order valence-corrected chi connectivity index (χ2v) is 5.86. The number of carbonyl (C=O) groups excluding carboxylic acids is 1. The molecule has 4 aromatic rings. The number of furan rings is 1. The lowest BCUT2D eigenvalue weighted by atomic mass is 10.2. The standard InChI is InChI=1S/C15H10N4O4S/c1-8-5-11(23-18-8)13(20)17-19-7-16-14-12(15(19)21)9(6-24-14)10-3-2-4-22-10/h2-7H,1H3,(H,17,20). The average Bonchev–Trinajstić information content (AvgIpc) is 3.29. The second kappa shape index (κ2) is 5.46. The van der Waals surface area contributed by atoms with Crippen LogP contribution < -0.4 is 11.0 Å². The fraction of sp³-hybridized carbons (Fsp3) is 0.0667. The molecule has 8 nitrogen and oxygen atoms in total. The molecule has 0 saturated carbocycles. The number of aromatic nitrogens is 3. The smallest absolute Gasteiger partial charge is 0.308 e. The van der Waals surface area contributed by atoms with Gasteiger partial charge in [0, 0.05) is 17.0 Å². The maximum absolute atomic E-state index is 12.7.